The molecule has 0 fully saturated rings. The van der Waals surface area contributed by atoms with Crippen LogP contribution in [0.5, 0.6) is 5.19 Å². The summed E-state index contributed by atoms with van der Waals surface area (Å²) in [6, 6.07) is 0. The third-order valence-corrected chi connectivity index (χ3v) is 2.35. The van der Waals surface area contributed by atoms with Crippen molar-refractivity contribution < 1.29 is 27.8 Å². The Balaban J connectivity index is 3.10. The third kappa shape index (κ3) is 2.72. The lowest BCUT2D eigenvalue weighted by atomic mass is 10.3. The number of carbonyl (C=O) groups is 1. The maximum atomic E-state index is 12.3. The number of halogens is 3. The number of nitrogens with zero attached hydrogens (tertiary/aromatic N) is 1. The van der Waals surface area contributed by atoms with Gasteiger partial charge >= 0.3 is 12.1 Å². The van der Waals surface area contributed by atoms with E-state index in [0.717, 1.165) is 0 Å². The number of rotatable bonds is 4. The Morgan fingerprint density at radius 3 is 2.62 bits per heavy atom. The van der Waals surface area contributed by atoms with Crippen LogP contribution in [-0.2, 0) is 6.18 Å². The average molecular weight is 253 g/mol. The number of alkyl halides is 3. The first-order valence-corrected chi connectivity index (χ1v) is 4.73. The molecule has 8 heteroatoms. The molecule has 0 aliphatic carbocycles. The molecule has 0 aliphatic rings. The quantitative estimate of drug-likeness (QED) is 0.837. The van der Waals surface area contributed by atoms with Gasteiger partial charge in [-0.2, -0.15) is 18.2 Å². The average Bonchev–Trinajstić information content (AvgIpc) is 2.58. The summed E-state index contributed by atoms with van der Waals surface area (Å²) >= 11 is 0.334. The molecule has 0 saturated heterocycles. The van der Waals surface area contributed by atoms with Gasteiger partial charge in [-0.3, -0.25) is 0 Å². The fourth-order valence-electron chi connectivity index (χ4n) is 0.830. The first-order chi connectivity index (χ1) is 7.36. The predicted molar refractivity (Wildman–Crippen MR) is 49.8 cm³/mol. The molecule has 1 rings (SSSR count). The van der Waals surface area contributed by atoms with Gasteiger partial charge in [-0.05, 0) is 0 Å². The molecule has 0 bridgehead atoms. The molecule has 1 heterocycles. The van der Waals surface area contributed by atoms with Crippen molar-refractivity contribution >= 4 is 17.3 Å². The molecule has 16 heavy (non-hydrogen) atoms. The fourth-order valence-corrected chi connectivity index (χ4v) is 1.61. The normalized spacial score (nSPS) is 11.2. The van der Waals surface area contributed by atoms with E-state index in [1.165, 1.54) is 6.08 Å². The summed E-state index contributed by atoms with van der Waals surface area (Å²) in [7, 11) is 0. The van der Waals surface area contributed by atoms with Gasteiger partial charge in [-0.25, -0.2) is 4.79 Å². The first-order valence-electron chi connectivity index (χ1n) is 3.91. The van der Waals surface area contributed by atoms with E-state index in [0.29, 0.717) is 11.3 Å². The van der Waals surface area contributed by atoms with Crippen LogP contribution in [0.25, 0.3) is 0 Å². The van der Waals surface area contributed by atoms with Gasteiger partial charge in [0, 0.05) is 0 Å². The van der Waals surface area contributed by atoms with E-state index in [-0.39, 0.29) is 11.8 Å². The molecule has 0 spiro atoms. The summed E-state index contributed by atoms with van der Waals surface area (Å²) < 4.78 is 41.8. The van der Waals surface area contributed by atoms with Gasteiger partial charge in [0.05, 0.1) is 0 Å². The third-order valence-electron chi connectivity index (χ3n) is 1.39. The highest BCUT2D eigenvalue weighted by atomic mass is 32.1. The van der Waals surface area contributed by atoms with Crippen LogP contribution in [0.4, 0.5) is 13.2 Å². The highest BCUT2D eigenvalue weighted by Crippen LogP contribution is 2.36. The molecule has 0 unspecified atom stereocenters. The monoisotopic (exact) mass is 253 g/mol. The Kier molecular flexibility index (Phi) is 3.53. The topological polar surface area (TPSA) is 59.4 Å². The molecule has 0 radical (unpaired) electrons. The highest BCUT2D eigenvalue weighted by Gasteiger charge is 2.40. The minimum atomic E-state index is -4.81. The lowest BCUT2D eigenvalue weighted by molar-refractivity contribution is -0.141. The maximum Gasteiger partial charge on any atom is 0.435 e. The zero-order valence-corrected chi connectivity index (χ0v) is 8.56. The van der Waals surface area contributed by atoms with Crippen LogP contribution < -0.4 is 4.74 Å². The van der Waals surface area contributed by atoms with Crippen LogP contribution in [0.15, 0.2) is 12.7 Å². The molecule has 0 saturated carbocycles. The Hall–Kier alpha value is -1.57. The molecule has 1 aromatic rings. The molecule has 88 valence electrons. The minimum absolute atomic E-state index is 0.0378. The zero-order valence-electron chi connectivity index (χ0n) is 7.74. The van der Waals surface area contributed by atoms with Gasteiger partial charge in [-0.1, -0.05) is 24.0 Å². The summed E-state index contributed by atoms with van der Waals surface area (Å²) in [6.07, 6.45) is -3.49. The number of hydrogen-bond donors (Lipinski definition) is 1. The van der Waals surface area contributed by atoms with E-state index < -0.39 is 22.7 Å². The van der Waals surface area contributed by atoms with Crippen LogP contribution >= 0.6 is 11.3 Å². The van der Waals surface area contributed by atoms with Gasteiger partial charge < -0.3 is 9.84 Å². The fraction of sp³-hybridized carbons (Fsp3) is 0.250. The van der Waals surface area contributed by atoms with E-state index >= 15 is 0 Å². The van der Waals surface area contributed by atoms with Crippen molar-refractivity contribution in [2.45, 2.75) is 6.18 Å². The van der Waals surface area contributed by atoms with Crippen molar-refractivity contribution in [3.63, 3.8) is 0 Å². The minimum Gasteiger partial charge on any atom is -0.477 e. The Labute approximate surface area is 92.0 Å². The van der Waals surface area contributed by atoms with Crippen LogP contribution in [0.2, 0.25) is 0 Å². The van der Waals surface area contributed by atoms with Crippen molar-refractivity contribution in [1.29, 1.82) is 0 Å². The van der Waals surface area contributed by atoms with Crippen LogP contribution in [0, 0.1) is 0 Å². The molecular weight excluding hydrogens is 247 g/mol. The summed E-state index contributed by atoms with van der Waals surface area (Å²) in [5, 5.41) is 8.22. The second-order valence-corrected chi connectivity index (χ2v) is 3.52. The van der Waals surface area contributed by atoms with E-state index in [1.54, 1.807) is 0 Å². The SMILES string of the molecule is C=CCOc1nc(C(F)(F)F)c(C(=O)O)s1. The van der Waals surface area contributed by atoms with E-state index in [4.69, 9.17) is 9.84 Å². The van der Waals surface area contributed by atoms with Gasteiger partial charge in [0.2, 0.25) is 0 Å². The standard InChI is InChI=1S/C8H6F3NO3S/c1-2-3-15-7-12-5(8(9,10)11)4(16-7)6(13)14/h2H,1,3H2,(H,13,14). The molecule has 0 aliphatic heterocycles. The van der Waals surface area contributed by atoms with Crippen LogP contribution in [-0.4, -0.2) is 22.7 Å². The van der Waals surface area contributed by atoms with Crippen molar-refractivity contribution in [3.8, 4) is 5.19 Å². The van der Waals surface area contributed by atoms with E-state index in [2.05, 4.69) is 11.6 Å². The van der Waals surface area contributed by atoms with Crippen molar-refractivity contribution in [3.05, 3.63) is 23.2 Å². The smallest absolute Gasteiger partial charge is 0.435 e. The number of carboxylic acids is 1. The van der Waals surface area contributed by atoms with Gasteiger partial charge in [0.1, 0.15) is 11.5 Å². The molecule has 1 aromatic heterocycles. The molecule has 0 atom stereocenters. The second kappa shape index (κ2) is 4.52. The summed E-state index contributed by atoms with van der Waals surface area (Å²) in [6.45, 7) is 3.26. The lowest BCUT2D eigenvalue weighted by Gasteiger charge is -2.02. The number of carboxylic acid groups (broad SMARTS) is 1. The number of aromatic nitrogens is 1. The highest BCUT2D eigenvalue weighted by molar-refractivity contribution is 7.15. The Morgan fingerprint density at radius 1 is 1.62 bits per heavy atom. The largest absolute Gasteiger partial charge is 0.477 e. The Bertz CT molecular complexity index is 413. The van der Waals surface area contributed by atoms with E-state index in [9.17, 15) is 18.0 Å². The van der Waals surface area contributed by atoms with E-state index in [1.807, 2.05) is 0 Å². The van der Waals surface area contributed by atoms with Crippen LogP contribution in [0.1, 0.15) is 15.4 Å². The molecule has 0 aromatic carbocycles. The summed E-state index contributed by atoms with van der Waals surface area (Å²) in [4.78, 5) is 12.8. The van der Waals surface area contributed by atoms with Crippen LogP contribution in [0.3, 0.4) is 0 Å². The lowest BCUT2D eigenvalue weighted by Crippen LogP contribution is -2.11. The second-order valence-electron chi connectivity index (χ2n) is 2.56. The number of thiazole rings is 1. The Morgan fingerprint density at radius 2 is 2.25 bits per heavy atom. The van der Waals surface area contributed by atoms with Crippen molar-refractivity contribution in [2.24, 2.45) is 0 Å². The predicted octanol–water partition coefficient (Wildman–Crippen LogP) is 2.42. The molecule has 4 nitrogen and oxygen atoms in total. The first kappa shape index (κ1) is 12.5. The van der Waals surface area contributed by atoms with Gasteiger partial charge in [-0.15, -0.1) is 0 Å². The summed E-state index contributed by atoms with van der Waals surface area (Å²) in [5.74, 6) is -1.68. The van der Waals surface area contributed by atoms with Crippen molar-refractivity contribution in [2.75, 3.05) is 6.61 Å². The van der Waals surface area contributed by atoms with Gasteiger partial charge in [0.15, 0.2) is 5.69 Å². The number of hydrogen-bond acceptors (Lipinski definition) is 4. The summed E-state index contributed by atoms with van der Waals surface area (Å²) in [5.41, 5.74) is -1.44. The molecule has 1 N–H and O–H groups in total. The number of ether oxygens (including phenoxy) is 1. The molecular formula is C8H6F3NO3S. The van der Waals surface area contributed by atoms with Crippen molar-refractivity contribution in [1.82, 2.24) is 4.98 Å². The maximum absolute atomic E-state index is 12.3. The van der Waals surface area contributed by atoms with Gasteiger partial charge in [0.25, 0.3) is 5.19 Å². The number of aromatic carboxylic acids is 1. The zero-order chi connectivity index (χ0) is 12.3. The molecule has 0 amide bonds.